The van der Waals surface area contributed by atoms with Crippen molar-refractivity contribution in [1.29, 1.82) is 0 Å². The fourth-order valence-electron chi connectivity index (χ4n) is 3.70. The Hall–Kier alpha value is -1.99. The summed E-state index contributed by atoms with van der Waals surface area (Å²) in [6, 6.07) is 6.49. The molecule has 3 aliphatic rings. The van der Waals surface area contributed by atoms with Crippen molar-refractivity contribution in [3.63, 3.8) is 0 Å². The SMILES string of the molecule is NC1CC(CNC(=O)N2CCN(Cc3ccc4c(c3)OCO4)CC2)C1. The number of amides is 2. The Morgan fingerprint density at radius 3 is 2.68 bits per heavy atom. The highest BCUT2D eigenvalue weighted by molar-refractivity contribution is 5.74. The number of hydrogen-bond donors (Lipinski definition) is 2. The fourth-order valence-corrected chi connectivity index (χ4v) is 3.70. The molecule has 7 nitrogen and oxygen atoms in total. The number of carbonyl (C=O) groups excluding carboxylic acids is 1. The van der Waals surface area contributed by atoms with Crippen LogP contribution >= 0.6 is 0 Å². The zero-order valence-corrected chi connectivity index (χ0v) is 14.4. The second-order valence-corrected chi connectivity index (χ2v) is 7.23. The molecule has 136 valence electrons. The third-order valence-corrected chi connectivity index (χ3v) is 5.32. The van der Waals surface area contributed by atoms with Gasteiger partial charge in [0.1, 0.15) is 0 Å². The molecule has 1 aromatic rings. The van der Waals surface area contributed by atoms with Gasteiger partial charge in [0, 0.05) is 45.3 Å². The van der Waals surface area contributed by atoms with E-state index in [-0.39, 0.29) is 6.03 Å². The molecular formula is C18H26N4O3. The summed E-state index contributed by atoms with van der Waals surface area (Å²) in [4.78, 5) is 16.5. The number of benzene rings is 1. The maximum Gasteiger partial charge on any atom is 0.317 e. The normalized spacial score (nSPS) is 25.6. The summed E-state index contributed by atoms with van der Waals surface area (Å²) < 4.78 is 10.8. The number of nitrogens with zero attached hydrogens (tertiary/aromatic N) is 2. The van der Waals surface area contributed by atoms with E-state index in [9.17, 15) is 4.79 Å². The molecule has 2 amide bonds. The topological polar surface area (TPSA) is 80.1 Å². The number of fused-ring (bicyclic) bond motifs is 1. The van der Waals surface area contributed by atoms with Crippen LogP contribution in [-0.2, 0) is 6.54 Å². The average Bonchev–Trinajstić information content (AvgIpc) is 3.06. The first-order valence-electron chi connectivity index (χ1n) is 9.06. The lowest BCUT2D eigenvalue weighted by molar-refractivity contribution is 0.132. The minimum Gasteiger partial charge on any atom is -0.454 e. The maximum atomic E-state index is 12.3. The summed E-state index contributed by atoms with van der Waals surface area (Å²) >= 11 is 0. The smallest absolute Gasteiger partial charge is 0.317 e. The number of urea groups is 1. The lowest BCUT2D eigenvalue weighted by Crippen LogP contribution is -2.53. The summed E-state index contributed by atoms with van der Waals surface area (Å²) in [7, 11) is 0. The van der Waals surface area contributed by atoms with E-state index >= 15 is 0 Å². The second-order valence-electron chi connectivity index (χ2n) is 7.23. The van der Waals surface area contributed by atoms with Gasteiger partial charge in [0.25, 0.3) is 0 Å². The predicted octanol–water partition coefficient (Wildman–Crippen LogP) is 0.980. The molecule has 25 heavy (non-hydrogen) atoms. The summed E-state index contributed by atoms with van der Waals surface area (Å²) in [5, 5.41) is 3.05. The monoisotopic (exact) mass is 346 g/mol. The van der Waals surface area contributed by atoms with Gasteiger partial charge >= 0.3 is 6.03 Å². The van der Waals surface area contributed by atoms with Gasteiger partial charge < -0.3 is 25.4 Å². The van der Waals surface area contributed by atoms with Gasteiger partial charge in [-0.2, -0.15) is 0 Å². The van der Waals surface area contributed by atoms with Gasteiger partial charge in [-0.25, -0.2) is 4.79 Å². The number of carbonyl (C=O) groups is 1. The molecule has 1 saturated heterocycles. The third-order valence-electron chi connectivity index (χ3n) is 5.32. The number of ether oxygens (including phenoxy) is 2. The minimum absolute atomic E-state index is 0.0585. The standard InChI is InChI=1S/C18H26N4O3/c19-15-7-14(8-15)10-20-18(23)22-5-3-21(4-6-22)11-13-1-2-16-17(9-13)25-12-24-16/h1-2,9,14-15H,3-8,10-12,19H2,(H,20,23). The van der Waals surface area contributed by atoms with Crippen LogP contribution in [0, 0.1) is 5.92 Å². The lowest BCUT2D eigenvalue weighted by Gasteiger charge is -2.36. The van der Waals surface area contributed by atoms with Crippen molar-refractivity contribution in [3.8, 4) is 11.5 Å². The van der Waals surface area contributed by atoms with E-state index in [1.807, 2.05) is 17.0 Å². The van der Waals surface area contributed by atoms with Crippen molar-refractivity contribution in [1.82, 2.24) is 15.1 Å². The molecule has 1 saturated carbocycles. The third kappa shape index (κ3) is 3.82. The number of nitrogens with one attached hydrogen (secondary N) is 1. The van der Waals surface area contributed by atoms with Crippen LogP contribution in [-0.4, -0.2) is 61.4 Å². The highest BCUT2D eigenvalue weighted by atomic mass is 16.7. The van der Waals surface area contributed by atoms with Gasteiger partial charge in [0.2, 0.25) is 6.79 Å². The van der Waals surface area contributed by atoms with Crippen LogP contribution in [0.3, 0.4) is 0 Å². The molecule has 0 unspecified atom stereocenters. The molecule has 0 radical (unpaired) electrons. The van der Waals surface area contributed by atoms with Crippen LogP contribution in [0.2, 0.25) is 0 Å². The highest BCUT2D eigenvalue weighted by Gasteiger charge is 2.27. The van der Waals surface area contributed by atoms with E-state index in [2.05, 4.69) is 16.3 Å². The summed E-state index contributed by atoms with van der Waals surface area (Å²) in [6.07, 6.45) is 2.06. The number of nitrogens with two attached hydrogens (primary N) is 1. The van der Waals surface area contributed by atoms with E-state index in [0.29, 0.717) is 18.8 Å². The van der Waals surface area contributed by atoms with Crippen LogP contribution in [0.5, 0.6) is 11.5 Å². The Labute approximate surface area is 148 Å². The fraction of sp³-hybridized carbons (Fsp3) is 0.611. The second kappa shape index (κ2) is 7.09. The van der Waals surface area contributed by atoms with Crippen molar-refractivity contribution in [2.24, 2.45) is 11.7 Å². The Bertz CT molecular complexity index is 625. The van der Waals surface area contributed by atoms with Gasteiger partial charge in [0.15, 0.2) is 11.5 Å². The van der Waals surface area contributed by atoms with Crippen molar-refractivity contribution in [3.05, 3.63) is 23.8 Å². The summed E-state index contributed by atoms with van der Waals surface area (Å²) in [5.41, 5.74) is 6.99. The largest absolute Gasteiger partial charge is 0.454 e. The zero-order valence-electron chi connectivity index (χ0n) is 14.4. The Morgan fingerprint density at radius 2 is 1.92 bits per heavy atom. The molecule has 1 aromatic carbocycles. The van der Waals surface area contributed by atoms with Gasteiger partial charge in [-0.3, -0.25) is 4.90 Å². The molecule has 7 heteroatoms. The summed E-state index contributed by atoms with van der Waals surface area (Å²) in [6.45, 7) is 5.23. The predicted molar refractivity (Wildman–Crippen MR) is 93.5 cm³/mol. The van der Waals surface area contributed by atoms with Gasteiger partial charge in [-0.05, 0) is 36.5 Å². The molecule has 2 aliphatic heterocycles. The molecule has 3 N–H and O–H groups in total. The van der Waals surface area contributed by atoms with E-state index in [1.165, 1.54) is 5.56 Å². The zero-order chi connectivity index (χ0) is 17.2. The van der Waals surface area contributed by atoms with Crippen LogP contribution in [0.15, 0.2) is 18.2 Å². The molecule has 0 atom stereocenters. The first-order valence-corrected chi connectivity index (χ1v) is 9.06. The van der Waals surface area contributed by atoms with Crippen molar-refractivity contribution in [2.45, 2.75) is 25.4 Å². The molecule has 0 spiro atoms. The van der Waals surface area contributed by atoms with E-state index < -0.39 is 0 Å². The molecule has 0 aromatic heterocycles. The van der Waals surface area contributed by atoms with E-state index in [0.717, 1.165) is 63.6 Å². The Kier molecular flexibility index (Phi) is 4.67. The van der Waals surface area contributed by atoms with E-state index in [4.69, 9.17) is 15.2 Å². The Morgan fingerprint density at radius 1 is 1.16 bits per heavy atom. The van der Waals surface area contributed by atoms with Crippen molar-refractivity contribution < 1.29 is 14.3 Å². The van der Waals surface area contributed by atoms with Gasteiger partial charge in [-0.15, -0.1) is 0 Å². The lowest BCUT2D eigenvalue weighted by atomic mass is 9.81. The first kappa shape index (κ1) is 16.5. The molecule has 4 rings (SSSR count). The Balaban J connectivity index is 1.21. The van der Waals surface area contributed by atoms with Crippen LogP contribution in [0.25, 0.3) is 0 Å². The number of rotatable bonds is 4. The molecule has 2 heterocycles. The molecule has 0 bridgehead atoms. The average molecular weight is 346 g/mol. The van der Waals surface area contributed by atoms with Crippen LogP contribution in [0.4, 0.5) is 4.79 Å². The molecular weight excluding hydrogens is 320 g/mol. The highest BCUT2D eigenvalue weighted by Crippen LogP contribution is 2.32. The number of piperazine rings is 1. The van der Waals surface area contributed by atoms with Crippen LogP contribution < -0.4 is 20.5 Å². The molecule has 1 aliphatic carbocycles. The summed E-state index contributed by atoms with van der Waals surface area (Å²) in [5.74, 6) is 2.20. The first-order chi connectivity index (χ1) is 12.2. The van der Waals surface area contributed by atoms with Crippen molar-refractivity contribution in [2.75, 3.05) is 39.5 Å². The maximum absolute atomic E-state index is 12.3. The molecule has 2 fully saturated rings. The number of hydrogen-bond acceptors (Lipinski definition) is 5. The minimum atomic E-state index is 0.0585. The van der Waals surface area contributed by atoms with Crippen LogP contribution in [0.1, 0.15) is 18.4 Å². The van der Waals surface area contributed by atoms with Crippen molar-refractivity contribution >= 4 is 6.03 Å². The quantitative estimate of drug-likeness (QED) is 0.850. The van der Waals surface area contributed by atoms with Gasteiger partial charge in [0.05, 0.1) is 0 Å². The van der Waals surface area contributed by atoms with Gasteiger partial charge in [-0.1, -0.05) is 6.07 Å². The van der Waals surface area contributed by atoms with E-state index in [1.54, 1.807) is 0 Å².